The number of fused-ring (bicyclic) bond motifs is 2. The molecule has 0 bridgehead atoms. The SMILES string of the molecule is O=C(c1ccc2occc2c1)c1ccc2occc2c1. The Morgan fingerprint density at radius 2 is 1.20 bits per heavy atom. The fraction of sp³-hybridized carbons (Fsp3) is 0. The van der Waals surface area contributed by atoms with Crippen LogP contribution in [0.5, 0.6) is 0 Å². The normalized spacial score (nSPS) is 11.2. The Balaban J connectivity index is 1.81. The molecule has 2 aromatic heterocycles. The van der Waals surface area contributed by atoms with Gasteiger partial charge < -0.3 is 8.83 Å². The summed E-state index contributed by atoms with van der Waals surface area (Å²) in [7, 11) is 0. The number of furan rings is 2. The van der Waals surface area contributed by atoms with E-state index in [1.807, 2.05) is 36.4 Å². The van der Waals surface area contributed by atoms with Crippen molar-refractivity contribution in [3.05, 3.63) is 72.2 Å². The van der Waals surface area contributed by atoms with Gasteiger partial charge in [0, 0.05) is 21.9 Å². The molecule has 0 spiro atoms. The van der Waals surface area contributed by atoms with Gasteiger partial charge in [0.05, 0.1) is 12.5 Å². The van der Waals surface area contributed by atoms with Crippen molar-refractivity contribution in [2.45, 2.75) is 0 Å². The molecule has 0 aliphatic carbocycles. The summed E-state index contributed by atoms with van der Waals surface area (Å²) in [6, 6.07) is 14.6. The molecule has 0 saturated carbocycles. The third-order valence-corrected chi connectivity index (χ3v) is 3.43. The second-order valence-electron chi connectivity index (χ2n) is 4.68. The van der Waals surface area contributed by atoms with E-state index in [1.165, 1.54) is 0 Å². The second kappa shape index (κ2) is 4.10. The van der Waals surface area contributed by atoms with Gasteiger partial charge in [0.2, 0.25) is 0 Å². The van der Waals surface area contributed by atoms with Gasteiger partial charge in [-0.25, -0.2) is 0 Å². The molecule has 0 aliphatic rings. The van der Waals surface area contributed by atoms with Crippen LogP contribution in [0.4, 0.5) is 0 Å². The number of hydrogen-bond donors (Lipinski definition) is 0. The highest BCUT2D eigenvalue weighted by Crippen LogP contribution is 2.22. The largest absolute Gasteiger partial charge is 0.464 e. The predicted octanol–water partition coefficient (Wildman–Crippen LogP) is 4.41. The molecule has 96 valence electrons. The minimum absolute atomic E-state index is 0.00352. The van der Waals surface area contributed by atoms with Crippen LogP contribution < -0.4 is 0 Å². The maximum Gasteiger partial charge on any atom is 0.193 e. The van der Waals surface area contributed by atoms with Gasteiger partial charge in [-0.15, -0.1) is 0 Å². The van der Waals surface area contributed by atoms with E-state index in [1.54, 1.807) is 24.7 Å². The Labute approximate surface area is 114 Å². The topological polar surface area (TPSA) is 43.4 Å². The smallest absolute Gasteiger partial charge is 0.193 e. The molecule has 20 heavy (non-hydrogen) atoms. The van der Waals surface area contributed by atoms with E-state index in [0.29, 0.717) is 11.1 Å². The molecule has 0 saturated heterocycles. The third-order valence-electron chi connectivity index (χ3n) is 3.43. The maximum absolute atomic E-state index is 12.5. The Kier molecular flexibility index (Phi) is 2.27. The number of carbonyl (C=O) groups is 1. The van der Waals surface area contributed by atoms with Crippen LogP contribution in [0.15, 0.2) is 69.9 Å². The van der Waals surface area contributed by atoms with E-state index in [0.717, 1.165) is 21.9 Å². The van der Waals surface area contributed by atoms with Crippen LogP contribution in [0.2, 0.25) is 0 Å². The quantitative estimate of drug-likeness (QED) is 0.502. The summed E-state index contributed by atoms with van der Waals surface area (Å²) < 4.78 is 10.6. The molecule has 4 aromatic rings. The van der Waals surface area contributed by atoms with Gasteiger partial charge in [-0.2, -0.15) is 0 Å². The Morgan fingerprint density at radius 3 is 1.70 bits per heavy atom. The number of hydrogen-bond acceptors (Lipinski definition) is 3. The standard InChI is InChI=1S/C17H10O3/c18-17(13-1-3-15-11(9-13)5-7-19-15)14-2-4-16-12(10-14)6-8-20-16/h1-10H. The Morgan fingerprint density at radius 1 is 0.700 bits per heavy atom. The summed E-state index contributed by atoms with van der Waals surface area (Å²) in [6.45, 7) is 0. The van der Waals surface area contributed by atoms with Crippen molar-refractivity contribution >= 4 is 27.7 Å². The summed E-state index contributed by atoms with van der Waals surface area (Å²) in [4.78, 5) is 12.5. The van der Waals surface area contributed by atoms with Gasteiger partial charge in [0.15, 0.2) is 5.78 Å². The summed E-state index contributed by atoms with van der Waals surface area (Å²) in [5, 5.41) is 1.86. The van der Waals surface area contributed by atoms with Crippen molar-refractivity contribution in [2.24, 2.45) is 0 Å². The van der Waals surface area contributed by atoms with E-state index in [4.69, 9.17) is 8.83 Å². The molecule has 0 aliphatic heterocycles. The molecule has 0 atom stereocenters. The summed E-state index contributed by atoms with van der Waals surface area (Å²) in [6.07, 6.45) is 3.24. The lowest BCUT2D eigenvalue weighted by Gasteiger charge is -2.01. The van der Waals surface area contributed by atoms with Crippen LogP contribution >= 0.6 is 0 Å². The first-order valence-electron chi connectivity index (χ1n) is 6.30. The van der Waals surface area contributed by atoms with Gasteiger partial charge in [0.1, 0.15) is 11.2 Å². The molecule has 4 rings (SSSR count). The van der Waals surface area contributed by atoms with Crippen molar-refractivity contribution in [1.29, 1.82) is 0 Å². The van der Waals surface area contributed by atoms with Crippen molar-refractivity contribution in [3.8, 4) is 0 Å². The lowest BCUT2D eigenvalue weighted by molar-refractivity contribution is 0.103. The lowest BCUT2D eigenvalue weighted by Crippen LogP contribution is -2.00. The van der Waals surface area contributed by atoms with Gasteiger partial charge in [-0.1, -0.05) is 0 Å². The minimum atomic E-state index is -0.00352. The molecule has 2 heterocycles. The first kappa shape index (κ1) is 11.1. The Bertz CT molecular complexity index is 851. The fourth-order valence-corrected chi connectivity index (χ4v) is 2.38. The molecule has 0 radical (unpaired) electrons. The van der Waals surface area contributed by atoms with Crippen LogP contribution in [0.3, 0.4) is 0 Å². The zero-order valence-corrected chi connectivity index (χ0v) is 10.5. The van der Waals surface area contributed by atoms with Crippen LogP contribution in [0, 0.1) is 0 Å². The molecular formula is C17H10O3. The molecule has 0 amide bonds. The monoisotopic (exact) mass is 262 g/mol. The summed E-state index contributed by atoms with van der Waals surface area (Å²) in [5.41, 5.74) is 2.88. The first-order valence-corrected chi connectivity index (χ1v) is 6.30. The van der Waals surface area contributed by atoms with Crippen LogP contribution in [-0.4, -0.2) is 5.78 Å². The summed E-state index contributed by atoms with van der Waals surface area (Å²) >= 11 is 0. The van der Waals surface area contributed by atoms with E-state index in [9.17, 15) is 4.79 Å². The van der Waals surface area contributed by atoms with Gasteiger partial charge >= 0.3 is 0 Å². The van der Waals surface area contributed by atoms with Crippen molar-refractivity contribution < 1.29 is 13.6 Å². The van der Waals surface area contributed by atoms with E-state index in [2.05, 4.69) is 0 Å². The second-order valence-corrected chi connectivity index (χ2v) is 4.68. The van der Waals surface area contributed by atoms with Crippen molar-refractivity contribution in [2.75, 3.05) is 0 Å². The zero-order chi connectivity index (χ0) is 13.5. The van der Waals surface area contributed by atoms with Crippen LogP contribution in [0.25, 0.3) is 21.9 Å². The molecule has 0 N–H and O–H groups in total. The number of ketones is 1. The van der Waals surface area contributed by atoms with Gasteiger partial charge in [-0.3, -0.25) is 4.79 Å². The van der Waals surface area contributed by atoms with Gasteiger partial charge in [0.25, 0.3) is 0 Å². The highest BCUT2D eigenvalue weighted by atomic mass is 16.3. The highest BCUT2D eigenvalue weighted by Gasteiger charge is 2.11. The Hall–Kier alpha value is -2.81. The minimum Gasteiger partial charge on any atom is -0.464 e. The molecule has 2 aromatic carbocycles. The number of carbonyl (C=O) groups excluding carboxylic acids is 1. The van der Waals surface area contributed by atoms with Crippen LogP contribution in [0.1, 0.15) is 15.9 Å². The average Bonchev–Trinajstić information content (AvgIpc) is 3.13. The van der Waals surface area contributed by atoms with E-state index in [-0.39, 0.29) is 5.78 Å². The van der Waals surface area contributed by atoms with E-state index >= 15 is 0 Å². The molecule has 3 heteroatoms. The number of rotatable bonds is 2. The zero-order valence-electron chi connectivity index (χ0n) is 10.5. The average molecular weight is 262 g/mol. The van der Waals surface area contributed by atoms with Gasteiger partial charge in [-0.05, 0) is 48.5 Å². The first-order chi connectivity index (χ1) is 9.81. The van der Waals surface area contributed by atoms with Crippen molar-refractivity contribution in [1.82, 2.24) is 0 Å². The lowest BCUT2D eigenvalue weighted by atomic mass is 10.0. The van der Waals surface area contributed by atoms with E-state index < -0.39 is 0 Å². The highest BCUT2D eigenvalue weighted by molar-refractivity contribution is 6.11. The molecule has 0 unspecified atom stereocenters. The van der Waals surface area contributed by atoms with Crippen molar-refractivity contribution in [3.63, 3.8) is 0 Å². The molecular weight excluding hydrogens is 252 g/mol. The maximum atomic E-state index is 12.5. The molecule has 3 nitrogen and oxygen atoms in total. The predicted molar refractivity (Wildman–Crippen MR) is 75.9 cm³/mol. The molecule has 0 fully saturated rings. The summed E-state index contributed by atoms with van der Waals surface area (Å²) in [5.74, 6) is -0.00352. The number of benzene rings is 2. The third kappa shape index (κ3) is 1.64. The fourth-order valence-electron chi connectivity index (χ4n) is 2.38. The van der Waals surface area contributed by atoms with Crippen LogP contribution in [-0.2, 0) is 0 Å².